The first-order valence-corrected chi connectivity index (χ1v) is 13.8. The number of carbonyl (C=O) groups excluding carboxylic acids is 5. The van der Waals surface area contributed by atoms with Gasteiger partial charge in [-0.05, 0) is 70.4 Å². The summed E-state index contributed by atoms with van der Waals surface area (Å²) in [4.78, 5) is 65.6. The van der Waals surface area contributed by atoms with E-state index in [-0.39, 0.29) is 30.5 Å². The number of fused-ring (bicyclic) bond motifs is 1. The van der Waals surface area contributed by atoms with Crippen LogP contribution in [-0.4, -0.2) is 83.4 Å². The van der Waals surface area contributed by atoms with E-state index in [1.807, 2.05) is 20.8 Å². The third kappa shape index (κ3) is 6.08. The van der Waals surface area contributed by atoms with Crippen molar-refractivity contribution >= 4 is 35.4 Å². The van der Waals surface area contributed by atoms with Crippen LogP contribution in [0.5, 0.6) is 0 Å². The molecule has 3 aliphatic heterocycles. The standard InChI is InChI=1S/C28H37N5O6/c1-28(2,3)39-27(38)30-18-9-11-32(12-10-18)15-17-13-16(17)14-29-20-6-4-5-19-23(20)26(37)33(25(19)36)21-7-8-22(34)31-24(21)35/h4-6,16-18,21,29H,7-15H2,1-3H3,(H,30,38)(H,31,34,35)/t16-,17+,21?/m1/s1. The van der Waals surface area contributed by atoms with E-state index in [9.17, 15) is 24.0 Å². The summed E-state index contributed by atoms with van der Waals surface area (Å²) in [5.74, 6) is -0.972. The smallest absolute Gasteiger partial charge is 0.407 e. The summed E-state index contributed by atoms with van der Waals surface area (Å²) in [5, 5.41) is 8.58. The summed E-state index contributed by atoms with van der Waals surface area (Å²) in [6.45, 7) is 9.11. The van der Waals surface area contributed by atoms with Gasteiger partial charge < -0.3 is 20.3 Å². The quantitative estimate of drug-likeness (QED) is 0.448. The number of nitrogens with zero attached hydrogens (tertiary/aromatic N) is 2. The Morgan fingerprint density at radius 3 is 2.49 bits per heavy atom. The minimum Gasteiger partial charge on any atom is -0.444 e. The van der Waals surface area contributed by atoms with Crippen LogP contribution in [0.3, 0.4) is 0 Å². The van der Waals surface area contributed by atoms with Crippen molar-refractivity contribution in [3.63, 3.8) is 0 Å². The Balaban J connectivity index is 1.10. The van der Waals surface area contributed by atoms with Gasteiger partial charge in [0, 0.05) is 44.3 Å². The Labute approximate surface area is 228 Å². The van der Waals surface area contributed by atoms with E-state index in [0.29, 0.717) is 29.6 Å². The van der Waals surface area contributed by atoms with Gasteiger partial charge in [-0.2, -0.15) is 0 Å². The number of carbonyl (C=O) groups is 5. The molecule has 3 fully saturated rings. The Bertz CT molecular complexity index is 1190. The maximum absolute atomic E-state index is 13.3. The molecule has 11 nitrogen and oxygen atoms in total. The maximum Gasteiger partial charge on any atom is 0.407 e. The van der Waals surface area contributed by atoms with Gasteiger partial charge >= 0.3 is 6.09 Å². The molecule has 3 atom stereocenters. The SMILES string of the molecule is CC(C)(C)OC(=O)NC1CCN(C[C@@H]2C[C@@H]2CNc2cccc3c2C(=O)N(C2CCC(=O)NC2=O)C3=O)CC1. The molecule has 1 unspecified atom stereocenters. The summed E-state index contributed by atoms with van der Waals surface area (Å²) in [6, 6.07) is 4.29. The van der Waals surface area contributed by atoms with E-state index in [2.05, 4.69) is 20.9 Å². The number of alkyl carbamates (subject to hydrolysis) is 1. The molecule has 0 spiro atoms. The molecule has 4 aliphatic rings. The molecule has 3 heterocycles. The Morgan fingerprint density at radius 1 is 1.05 bits per heavy atom. The van der Waals surface area contributed by atoms with Crippen molar-refractivity contribution in [2.45, 2.75) is 70.6 Å². The molecule has 5 rings (SSSR count). The van der Waals surface area contributed by atoms with E-state index in [4.69, 9.17) is 4.74 Å². The predicted octanol–water partition coefficient (Wildman–Crippen LogP) is 2.12. The summed E-state index contributed by atoms with van der Waals surface area (Å²) in [5.41, 5.74) is 0.671. The second-order valence-electron chi connectivity index (χ2n) is 12.0. The zero-order valence-electron chi connectivity index (χ0n) is 22.7. The van der Waals surface area contributed by atoms with E-state index in [0.717, 1.165) is 43.8 Å². The van der Waals surface area contributed by atoms with Gasteiger partial charge in [-0.3, -0.25) is 29.4 Å². The fraction of sp³-hybridized carbons (Fsp3) is 0.607. The highest BCUT2D eigenvalue weighted by atomic mass is 16.6. The van der Waals surface area contributed by atoms with Crippen molar-refractivity contribution < 1.29 is 28.7 Å². The lowest BCUT2D eigenvalue weighted by atomic mass is 10.0. The van der Waals surface area contributed by atoms with Crippen molar-refractivity contribution in [2.24, 2.45) is 11.8 Å². The first-order chi connectivity index (χ1) is 18.5. The molecular weight excluding hydrogens is 502 g/mol. The average molecular weight is 540 g/mol. The minimum absolute atomic E-state index is 0.0932. The van der Waals surface area contributed by atoms with Crippen molar-refractivity contribution in [1.29, 1.82) is 0 Å². The third-order valence-electron chi connectivity index (χ3n) is 7.89. The van der Waals surface area contributed by atoms with Gasteiger partial charge in [0.2, 0.25) is 11.8 Å². The van der Waals surface area contributed by atoms with E-state index >= 15 is 0 Å². The summed E-state index contributed by atoms with van der Waals surface area (Å²) < 4.78 is 5.36. The molecule has 210 valence electrons. The number of piperidine rings is 2. The van der Waals surface area contributed by atoms with Gasteiger partial charge in [-0.25, -0.2) is 4.79 Å². The molecule has 39 heavy (non-hydrogen) atoms. The fourth-order valence-electron chi connectivity index (χ4n) is 5.75. The van der Waals surface area contributed by atoms with Crippen molar-refractivity contribution in [2.75, 3.05) is 31.5 Å². The lowest BCUT2D eigenvalue weighted by molar-refractivity contribution is -0.136. The Morgan fingerprint density at radius 2 is 1.79 bits per heavy atom. The van der Waals surface area contributed by atoms with Crippen LogP contribution in [0.4, 0.5) is 10.5 Å². The van der Waals surface area contributed by atoms with Gasteiger partial charge in [0.25, 0.3) is 11.8 Å². The van der Waals surface area contributed by atoms with Crippen LogP contribution in [0.15, 0.2) is 18.2 Å². The number of rotatable bonds is 7. The molecule has 3 N–H and O–H groups in total. The number of imide groups is 2. The zero-order chi connectivity index (χ0) is 27.9. The van der Waals surface area contributed by atoms with E-state index in [1.165, 1.54) is 0 Å². The normalized spacial score (nSPS) is 25.8. The van der Waals surface area contributed by atoms with Crippen LogP contribution in [0.25, 0.3) is 0 Å². The molecule has 0 radical (unpaired) electrons. The van der Waals surface area contributed by atoms with Crippen LogP contribution in [0, 0.1) is 11.8 Å². The van der Waals surface area contributed by atoms with Crippen LogP contribution in [0.1, 0.15) is 73.6 Å². The molecule has 0 aromatic heterocycles. The van der Waals surface area contributed by atoms with Gasteiger partial charge in [-0.15, -0.1) is 0 Å². The Kier molecular flexibility index (Phi) is 7.37. The highest BCUT2D eigenvalue weighted by molar-refractivity contribution is 6.25. The molecule has 1 aliphatic carbocycles. The number of benzene rings is 1. The number of nitrogens with one attached hydrogen (secondary N) is 3. The largest absolute Gasteiger partial charge is 0.444 e. The zero-order valence-corrected chi connectivity index (χ0v) is 22.7. The highest BCUT2D eigenvalue weighted by Gasteiger charge is 2.46. The minimum atomic E-state index is -0.973. The second kappa shape index (κ2) is 10.6. The topological polar surface area (TPSA) is 137 Å². The number of amides is 5. The number of likely N-dealkylation sites (tertiary alicyclic amines) is 1. The van der Waals surface area contributed by atoms with Gasteiger partial charge in [0.15, 0.2) is 0 Å². The third-order valence-corrected chi connectivity index (χ3v) is 7.89. The van der Waals surface area contributed by atoms with Crippen molar-refractivity contribution in [3.8, 4) is 0 Å². The molecule has 1 aromatic carbocycles. The van der Waals surface area contributed by atoms with Crippen LogP contribution in [0.2, 0.25) is 0 Å². The van der Waals surface area contributed by atoms with Gasteiger partial charge in [0.05, 0.1) is 11.1 Å². The molecule has 5 amide bonds. The predicted molar refractivity (Wildman–Crippen MR) is 142 cm³/mol. The first kappa shape index (κ1) is 27.1. The molecule has 2 saturated heterocycles. The Hall–Kier alpha value is -3.47. The lowest BCUT2D eigenvalue weighted by Gasteiger charge is -2.33. The second-order valence-corrected chi connectivity index (χ2v) is 12.0. The molecule has 0 bridgehead atoms. The van der Waals surface area contributed by atoms with Gasteiger partial charge in [-0.1, -0.05) is 6.07 Å². The van der Waals surface area contributed by atoms with E-state index < -0.39 is 35.3 Å². The summed E-state index contributed by atoms with van der Waals surface area (Å²) in [6.07, 6.45) is 2.75. The average Bonchev–Trinajstić information content (AvgIpc) is 3.55. The molecule has 1 saturated carbocycles. The fourth-order valence-corrected chi connectivity index (χ4v) is 5.75. The number of hydrogen-bond acceptors (Lipinski definition) is 8. The van der Waals surface area contributed by atoms with Crippen LogP contribution < -0.4 is 16.0 Å². The molecule has 1 aromatic rings. The van der Waals surface area contributed by atoms with E-state index in [1.54, 1.807) is 18.2 Å². The van der Waals surface area contributed by atoms with Gasteiger partial charge in [0.1, 0.15) is 11.6 Å². The lowest BCUT2D eigenvalue weighted by Crippen LogP contribution is -2.54. The first-order valence-electron chi connectivity index (χ1n) is 13.8. The van der Waals surface area contributed by atoms with Crippen molar-refractivity contribution in [3.05, 3.63) is 29.3 Å². The number of anilines is 1. The molecular formula is C28H37N5O6. The monoisotopic (exact) mass is 539 g/mol. The number of ether oxygens (including phenoxy) is 1. The highest BCUT2D eigenvalue weighted by Crippen LogP contribution is 2.40. The van der Waals surface area contributed by atoms with Crippen molar-refractivity contribution in [1.82, 2.24) is 20.4 Å². The summed E-state index contributed by atoms with van der Waals surface area (Å²) >= 11 is 0. The maximum atomic E-state index is 13.3. The van der Waals surface area contributed by atoms with Crippen LogP contribution in [-0.2, 0) is 14.3 Å². The summed E-state index contributed by atoms with van der Waals surface area (Å²) in [7, 11) is 0. The molecule has 11 heteroatoms. The van der Waals surface area contributed by atoms with Crippen LogP contribution >= 0.6 is 0 Å². The number of hydrogen-bond donors (Lipinski definition) is 3.